The van der Waals surface area contributed by atoms with Crippen molar-refractivity contribution in [2.24, 2.45) is 16.8 Å². The minimum atomic E-state index is -0.000551. The third-order valence-electron chi connectivity index (χ3n) is 6.32. The lowest BCUT2D eigenvalue weighted by molar-refractivity contribution is 0.0315. The molecule has 2 heterocycles. The van der Waals surface area contributed by atoms with Gasteiger partial charge < -0.3 is 19.7 Å². The normalized spacial score (nSPS) is 20.4. The van der Waals surface area contributed by atoms with Crippen molar-refractivity contribution < 1.29 is 9.47 Å². The number of likely N-dealkylation sites (tertiary alicyclic amines) is 1. The van der Waals surface area contributed by atoms with Crippen LogP contribution in [-0.2, 0) is 10.2 Å². The van der Waals surface area contributed by atoms with E-state index in [1.54, 1.807) is 0 Å². The van der Waals surface area contributed by atoms with E-state index in [0.29, 0.717) is 11.8 Å². The maximum atomic E-state index is 5.83. The van der Waals surface area contributed by atoms with E-state index in [-0.39, 0.29) is 29.4 Å². The van der Waals surface area contributed by atoms with E-state index in [0.717, 1.165) is 64.3 Å². The summed E-state index contributed by atoms with van der Waals surface area (Å²) in [5.74, 6) is 3.21. The van der Waals surface area contributed by atoms with Crippen LogP contribution in [0, 0.1) is 11.8 Å². The third kappa shape index (κ3) is 8.06. The molecule has 1 unspecified atom stereocenters. The van der Waals surface area contributed by atoms with Gasteiger partial charge in [0, 0.05) is 51.7 Å². The molecule has 0 aliphatic carbocycles. The summed E-state index contributed by atoms with van der Waals surface area (Å²) in [7, 11) is 1.89. The van der Waals surface area contributed by atoms with Gasteiger partial charge in [-0.15, -0.1) is 24.0 Å². The predicted octanol–water partition coefficient (Wildman–Crippen LogP) is 3.85. The first-order chi connectivity index (χ1) is 14.9. The van der Waals surface area contributed by atoms with E-state index in [2.05, 4.69) is 72.1 Å². The third-order valence-corrected chi connectivity index (χ3v) is 6.32. The van der Waals surface area contributed by atoms with E-state index in [9.17, 15) is 0 Å². The van der Waals surface area contributed by atoms with Gasteiger partial charge in [0.1, 0.15) is 5.75 Å². The first-order valence-electron chi connectivity index (χ1n) is 11.9. The molecular formula is C25H43IN4O2. The van der Waals surface area contributed by atoms with Crippen LogP contribution in [0.4, 0.5) is 0 Å². The highest BCUT2D eigenvalue weighted by Gasteiger charge is 2.28. The lowest BCUT2D eigenvalue weighted by Gasteiger charge is -2.30. The molecular weight excluding hydrogens is 515 g/mol. The van der Waals surface area contributed by atoms with Crippen LogP contribution < -0.4 is 10.1 Å². The lowest BCUT2D eigenvalue weighted by Crippen LogP contribution is -2.45. The summed E-state index contributed by atoms with van der Waals surface area (Å²) in [4.78, 5) is 9.55. The molecule has 0 saturated carbocycles. The maximum Gasteiger partial charge on any atom is 0.193 e. The van der Waals surface area contributed by atoms with Crippen molar-refractivity contribution in [3.63, 3.8) is 0 Å². The molecule has 0 radical (unpaired) electrons. The van der Waals surface area contributed by atoms with Gasteiger partial charge in [0.05, 0.1) is 19.8 Å². The minimum Gasteiger partial charge on any atom is -0.493 e. The van der Waals surface area contributed by atoms with Crippen LogP contribution in [0.2, 0.25) is 0 Å². The van der Waals surface area contributed by atoms with E-state index in [1.165, 1.54) is 18.5 Å². The molecule has 0 spiro atoms. The smallest absolute Gasteiger partial charge is 0.193 e. The van der Waals surface area contributed by atoms with Crippen molar-refractivity contribution in [3.05, 3.63) is 29.8 Å². The molecule has 1 aromatic rings. The summed E-state index contributed by atoms with van der Waals surface area (Å²) in [5.41, 5.74) is 1.30. The van der Waals surface area contributed by atoms with Crippen LogP contribution in [0.3, 0.4) is 0 Å². The Morgan fingerprint density at radius 1 is 1.19 bits per heavy atom. The number of nitrogens with zero attached hydrogens (tertiary/aromatic N) is 3. The van der Waals surface area contributed by atoms with Crippen molar-refractivity contribution >= 4 is 29.9 Å². The van der Waals surface area contributed by atoms with Gasteiger partial charge in [-0.2, -0.15) is 0 Å². The van der Waals surface area contributed by atoms with E-state index in [1.807, 2.05) is 7.05 Å². The van der Waals surface area contributed by atoms with Crippen LogP contribution in [0.15, 0.2) is 29.3 Å². The number of rotatable bonds is 8. The number of benzene rings is 1. The highest BCUT2D eigenvalue weighted by Crippen LogP contribution is 2.25. The molecule has 2 saturated heterocycles. The largest absolute Gasteiger partial charge is 0.493 e. The molecule has 2 aliphatic rings. The van der Waals surface area contributed by atoms with Crippen LogP contribution >= 0.6 is 24.0 Å². The van der Waals surface area contributed by atoms with Gasteiger partial charge in [0.2, 0.25) is 0 Å². The molecule has 0 aromatic heterocycles. The quantitative estimate of drug-likeness (QED) is 0.299. The summed E-state index contributed by atoms with van der Waals surface area (Å²) in [5, 5.41) is 3.64. The maximum absolute atomic E-state index is 5.83. The van der Waals surface area contributed by atoms with E-state index < -0.39 is 0 Å². The summed E-state index contributed by atoms with van der Waals surface area (Å²) >= 11 is 0. The lowest BCUT2D eigenvalue weighted by atomic mass is 9.84. The summed E-state index contributed by atoms with van der Waals surface area (Å²) in [6, 6.07) is 8.55. The molecule has 1 aromatic carbocycles. The predicted molar refractivity (Wildman–Crippen MR) is 144 cm³/mol. The number of hydrogen-bond acceptors (Lipinski definition) is 4. The Kier molecular flexibility index (Phi) is 11.0. The molecule has 32 heavy (non-hydrogen) atoms. The topological polar surface area (TPSA) is 49.3 Å². The average molecular weight is 559 g/mol. The number of morpholine rings is 1. The van der Waals surface area contributed by atoms with Gasteiger partial charge in [-0.3, -0.25) is 9.89 Å². The molecule has 3 rings (SSSR count). The van der Waals surface area contributed by atoms with Gasteiger partial charge in [-0.25, -0.2) is 0 Å². The molecule has 2 aliphatic heterocycles. The number of nitrogens with one attached hydrogen (secondary N) is 1. The Morgan fingerprint density at radius 2 is 1.88 bits per heavy atom. The highest BCUT2D eigenvalue weighted by molar-refractivity contribution is 14.0. The number of aliphatic imine (C=N–C) groups is 1. The summed E-state index contributed by atoms with van der Waals surface area (Å²) < 4.78 is 11.3. The Hall–Kier alpha value is -1.06. The second-order valence-electron chi connectivity index (χ2n) is 10.0. The molecule has 182 valence electrons. The van der Waals surface area contributed by atoms with Crippen LogP contribution in [0.25, 0.3) is 0 Å². The number of guanidine groups is 1. The Labute approximate surface area is 212 Å². The fourth-order valence-electron chi connectivity index (χ4n) is 4.32. The fourth-order valence-corrected chi connectivity index (χ4v) is 4.32. The standard InChI is InChI=1S/C25H42N4O2.HI/c1-20(2)18-31-23-8-6-22(7-9-23)25(3,4)19-27-24(26-5)29-11-10-21(17-29)16-28-12-14-30-15-13-28;/h6-9,20-21H,10-19H2,1-5H3,(H,26,27);1H. The van der Waals surface area contributed by atoms with Crippen molar-refractivity contribution in [1.29, 1.82) is 0 Å². The SMILES string of the molecule is CN=C(NCC(C)(C)c1ccc(OCC(C)C)cc1)N1CCC(CN2CCOCC2)C1.I. The fraction of sp³-hybridized carbons (Fsp3) is 0.720. The van der Waals surface area contributed by atoms with Gasteiger partial charge >= 0.3 is 0 Å². The monoisotopic (exact) mass is 558 g/mol. The molecule has 1 atom stereocenters. The molecule has 1 N–H and O–H groups in total. The van der Waals surface area contributed by atoms with Crippen molar-refractivity contribution in [2.45, 2.75) is 39.5 Å². The van der Waals surface area contributed by atoms with Crippen LogP contribution in [0.1, 0.15) is 39.7 Å². The second kappa shape index (κ2) is 13.0. The van der Waals surface area contributed by atoms with E-state index in [4.69, 9.17) is 9.47 Å². The number of halogens is 1. The van der Waals surface area contributed by atoms with Gasteiger partial charge in [0.25, 0.3) is 0 Å². The Balaban J connectivity index is 0.00000363. The van der Waals surface area contributed by atoms with Crippen molar-refractivity contribution in [2.75, 3.05) is 66.1 Å². The molecule has 0 bridgehead atoms. The highest BCUT2D eigenvalue weighted by atomic mass is 127. The van der Waals surface area contributed by atoms with Crippen LogP contribution in [0.5, 0.6) is 5.75 Å². The zero-order chi connectivity index (χ0) is 22.3. The zero-order valence-electron chi connectivity index (χ0n) is 20.6. The first kappa shape index (κ1) is 27.2. The van der Waals surface area contributed by atoms with Gasteiger partial charge in [-0.05, 0) is 36.0 Å². The van der Waals surface area contributed by atoms with Crippen molar-refractivity contribution in [3.8, 4) is 5.75 Å². The minimum absolute atomic E-state index is 0. The van der Waals surface area contributed by atoms with Crippen LogP contribution in [-0.4, -0.2) is 81.9 Å². The van der Waals surface area contributed by atoms with Crippen molar-refractivity contribution in [1.82, 2.24) is 15.1 Å². The number of hydrogen-bond donors (Lipinski definition) is 1. The number of ether oxygens (including phenoxy) is 2. The molecule has 7 heteroatoms. The summed E-state index contributed by atoms with van der Waals surface area (Å²) in [6.45, 7) is 17.7. The molecule has 0 amide bonds. The van der Waals surface area contributed by atoms with Gasteiger partial charge in [0.15, 0.2) is 5.96 Å². The average Bonchev–Trinajstić information content (AvgIpc) is 3.22. The second-order valence-corrected chi connectivity index (χ2v) is 10.0. The zero-order valence-corrected chi connectivity index (χ0v) is 22.9. The summed E-state index contributed by atoms with van der Waals surface area (Å²) in [6.07, 6.45) is 1.24. The van der Waals surface area contributed by atoms with E-state index >= 15 is 0 Å². The molecule has 2 fully saturated rings. The Bertz CT molecular complexity index is 702. The Morgan fingerprint density at radius 3 is 2.50 bits per heavy atom. The molecule has 6 nitrogen and oxygen atoms in total. The first-order valence-corrected chi connectivity index (χ1v) is 11.9. The van der Waals surface area contributed by atoms with Gasteiger partial charge in [-0.1, -0.05) is 39.8 Å².